The number of nitrogens with one attached hydrogen (secondary N) is 1. The van der Waals surface area contributed by atoms with Gasteiger partial charge in [0.15, 0.2) is 0 Å². The number of nitrogens with zero attached hydrogens (tertiary/aromatic N) is 1. The fourth-order valence-corrected chi connectivity index (χ4v) is 2.19. The van der Waals surface area contributed by atoms with Crippen molar-refractivity contribution in [3.05, 3.63) is 0 Å². The first-order valence-electron chi connectivity index (χ1n) is 8.18. The van der Waals surface area contributed by atoms with Crippen LogP contribution in [0.15, 0.2) is 0 Å². The van der Waals surface area contributed by atoms with Gasteiger partial charge in [0.2, 0.25) is 5.91 Å². The summed E-state index contributed by atoms with van der Waals surface area (Å²) in [5.74, 6) is 0.153. The summed E-state index contributed by atoms with van der Waals surface area (Å²) in [7, 11) is 4.06. The Kier molecular flexibility index (Phi) is 11.8. The van der Waals surface area contributed by atoms with E-state index >= 15 is 0 Å². The molecule has 0 aromatic heterocycles. The Bertz CT molecular complexity index is 243. The molecule has 0 saturated heterocycles. The summed E-state index contributed by atoms with van der Waals surface area (Å²) < 4.78 is 0.682. The quantitative estimate of drug-likeness (QED) is 0.414. The number of hydrogen-bond acceptors (Lipinski definition) is 2. The molecular weight excluding hydrogens is 252 g/mol. The summed E-state index contributed by atoms with van der Waals surface area (Å²) in [4.78, 5) is 11.6. The Labute approximate surface area is 125 Å². The molecule has 0 bridgehead atoms. The zero-order valence-corrected chi connectivity index (χ0v) is 13.7. The van der Waals surface area contributed by atoms with Crippen molar-refractivity contribution in [1.29, 1.82) is 0 Å². The lowest BCUT2D eigenvalue weighted by molar-refractivity contribution is -0.894. The fraction of sp³-hybridized carbons (Fsp3) is 0.938. The number of carbonyl (C=O) groups is 1. The lowest BCUT2D eigenvalue weighted by Crippen LogP contribution is -2.48. The van der Waals surface area contributed by atoms with Crippen molar-refractivity contribution >= 4 is 5.91 Å². The van der Waals surface area contributed by atoms with Gasteiger partial charge in [-0.2, -0.15) is 0 Å². The van der Waals surface area contributed by atoms with E-state index in [4.69, 9.17) is 0 Å². The van der Waals surface area contributed by atoms with E-state index < -0.39 is 0 Å². The highest BCUT2D eigenvalue weighted by molar-refractivity contribution is 5.75. The standard InChI is InChI=1S/C16H34N2O2/c1-4-5-6-7-8-9-10-11-16(20)17-12-13-18(2,3)14-15-19/h4-15H2,1-3H3,(H,17,20). The molecule has 0 unspecified atom stereocenters. The summed E-state index contributed by atoms with van der Waals surface area (Å²) >= 11 is 0. The summed E-state index contributed by atoms with van der Waals surface area (Å²) in [6.45, 7) is 4.28. The summed E-state index contributed by atoms with van der Waals surface area (Å²) in [5, 5.41) is 13.6. The van der Waals surface area contributed by atoms with Gasteiger partial charge in [0.05, 0.1) is 33.7 Å². The minimum Gasteiger partial charge on any atom is -0.850 e. The van der Waals surface area contributed by atoms with Crippen molar-refractivity contribution in [3.63, 3.8) is 0 Å². The molecule has 1 amide bonds. The van der Waals surface area contributed by atoms with E-state index in [1.54, 1.807) is 0 Å². The molecule has 0 radical (unpaired) electrons. The highest BCUT2D eigenvalue weighted by Crippen LogP contribution is 2.08. The SMILES string of the molecule is CCCCCCCCCC(=O)NCC[N+](C)(C)CC[O-]. The first kappa shape index (κ1) is 19.4. The van der Waals surface area contributed by atoms with Gasteiger partial charge in [0.1, 0.15) is 0 Å². The minimum atomic E-state index is -0.0566. The highest BCUT2D eigenvalue weighted by atomic mass is 16.3. The fourth-order valence-electron chi connectivity index (χ4n) is 2.19. The second-order valence-corrected chi connectivity index (χ2v) is 6.31. The molecule has 0 aromatic carbocycles. The zero-order valence-electron chi connectivity index (χ0n) is 13.7. The van der Waals surface area contributed by atoms with Crippen LogP contribution in [0.1, 0.15) is 58.3 Å². The van der Waals surface area contributed by atoms with Crippen molar-refractivity contribution in [3.8, 4) is 0 Å². The number of likely N-dealkylation sites (N-methyl/N-ethyl adjacent to an activating group) is 1. The van der Waals surface area contributed by atoms with Gasteiger partial charge in [-0.3, -0.25) is 4.79 Å². The lowest BCUT2D eigenvalue weighted by atomic mass is 10.1. The third-order valence-electron chi connectivity index (χ3n) is 3.74. The van der Waals surface area contributed by atoms with E-state index in [0.29, 0.717) is 24.0 Å². The topological polar surface area (TPSA) is 52.2 Å². The van der Waals surface area contributed by atoms with Crippen molar-refractivity contribution in [2.75, 3.05) is 40.3 Å². The summed E-state index contributed by atoms with van der Waals surface area (Å²) in [5.41, 5.74) is 0. The van der Waals surface area contributed by atoms with Crippen LogP contribution in [0, 0.1) is 0 Å². The molecule has 4 heteroatoms. The molecule has 0 atom stereocenters. The monoisotopic (exact) mass is 286 g/mol. The van der Waals surface area contributed by atoms with E-state index in [1.165, 1.54) is 32.1 Å². The lowest BCUT2D eigenvalue weighted by Gasteiger charge is -2.31. The molecule has 20 heavy (non-hydrogen) atoms. The average Bonchev–Trinajstić information content (AvgIpc) is 2.37. The summed E-state index contributed by atoms with van der Waals surface area (Å²) in [6, 6.07) is 0. The van der Waals surface area contributed by atoms with Crippen LogP contribution in [-0.2, 0) is 4.79 Å². The third kappa shape index (κ3) is 12.4. The van der Waals surface area contributed by atoms with E-state index in [0.717, 1.165) is 19.4 Å². The number of carbonyl (C=O) groups excluding carboxylic acids is 1. The zero-order chi connectivity index (χ0) is 15.3. The Balaban J connectivity index is 3.41. The largest absolute Gasteiger partial charge is 0.850 e. The number of hydrogen-bond donors (Lipinski definition) is 1. The van der Waals surface area contributed by atoms with Crippen LogP contribution in [0.2, 0.25) is 0 Å². The average molecular weight is 286 g/mol. The first-order chi connectivity index (χ1) is 9.52. The van der Waals surface area contributed by atoms with Crippen molar-refractivity contribution in [2.45, 2.75) is 58.3 Å². The van der Waals surface area contributed by atoms with Crippen molar-refractivity contribution < 1.29 is 14.4 Å². The van der Waals surface area contributed by atoms with Gasteiger partial charge in [-0.25, -0.2) is 0 Å². The molecule has 0 saturated carbocycles. The van der Waals surface area contributed by atoms with Gasteiger partial charge in [0, 0.05) is 6.42 Å². The molecule has 1 N–H and O–H groups in total. The molecule has 0 aliphatic rings. The van der Waals surface area contributed by atoms with Crippen LogP contribution in [0.4, 0.5) is 0 Å². The number of amides is 1. The molecule has 0 fully saturated rings. The van der Waals surface area contributed by atoms with Crippen LogP contribution in [0.5, 0.6) is 0 Å². The van der Waals surface area contributed by atoms with Gasteiger partial charge in [-0.1, -0.05) is 52.1 Å². The van der Waals surface area contributed by atoms with Gasteiger partial charge in [-0.05, 0) is 6.42 Å². The molecule has 0 aliphatic heterocycles. The first-order valence-corrected chi connectivity index (χ1v) is 8.18. The van der Waals surface area contributed by atoms with Crippen LogP contribution in [0.25, 0.3) is 0 Å². The molecule has 0 aromatic rings. The molecule has 0 aliphatic carbocycles. The molecule has 0 spiro atoms. The number of unbranched alkanes of at least 4 members (excludes halogenated alkanes) is 6. The predicted molar refractivity (Wildman–Crippen MR) is 82.3 cm³/mol. The molecular formula is C16H34N2O2. The molecule has 4 nitrogen and oxygen atoms in total. The van der Waals surface area contributed by atoms with E-state index in [2.05, 4.69) is 12.2 Å². The number of quaternary nitrogens is 1. The third-order valence-corrected chi connectivity index (χ3v) is 3.74. The molecule has 0 rings (SSSR count). The predicted octanol–water partition coefficient (Wildman–Crippen LogP) is 1.68. The van der Waals surface area contributed by atoms with Gasteiger partial charge >= 0.3 is 0 Å². The molecule has 0 heterocycles. The van der Waals surface area contributed by atoms with E-state index in [9.17, 15) is 9.90 Å². The maximum atomic E-state index is 11.6. The number of rotatable bonds is 13. The van der Waals surface area contributed by atoms with Gasteiger partial charge in [-0.15, -0.1) is 0 Å². The Morgan fingerprint density at radius 3 is 2.20 bits per heavy atom. The Morgan fingerprint density at radius 2 is 1.60 bits per heavy atom. The van der Waals surface area contributed by atoms with Crippen LogP contribution >= 0.6 is 0 Å². The van der Waals surface area contributed by atoms with Gasteiger partial charge < -0.3 is 14.9 Å². The van der Waals surface area contributed by atoms with E-state index in [-0.39, 0.29) is 12.5 Å². The van der Waals surface area contributed by atoms with E-state index in [1.807, 2.05) is 14.1 Å². The minimum absolute atomic E-state index is 0.0566. The Hall–Kier alpha value is -0.610. The van der Waals surface area contributed by atoms with Crippen LogP contribution < -0.4 is 10.4 Å². The second kappa shape index (κ2) is 12.2. The normalized spacial score (nSPS) is 11.6. The van der Waals surface area contributed by atoms with Crippen LogP contribution in [0.3, 0.4) is 0 Å². The highest BCUT2D eigenvalue weighted by Gasteiger charge is 2.12. The Morgan fingerprint density at radius 1 is 1.00 bits per heavy atom. The maximum absolute atomic E-state index is 11.6. The second-order valence-electron chi connectivity index (χ2n) is 6.31. The molecule has 120 valence electrons. The van der Waals surface area contributed by atoms with Crippen molar-refractivity contribution in [1.82, 2.24) is 5.32 Å². The van der Waals surface area contributed by atoms with Gasteiger partial charge in [0.25, 0.3) is 0 Å². The van der Waals surface area contributed by atoms with Crippen molar-refractivity contribution in [2.24, 2.45) is 0 Å². The summed E-state index contributed by atoms with van der Waals surface area (Å²) in [6.07, 6.45) is 9.29. The maximum Gasteiger partial charge on any atom is 0.220 e. The van der Waals surface area contributed by atoms with Crippen LogP contribution in [-0.4, -0.2) is 50.7 Å². The smallest absolute Gasteiger partial charge is 0.220 e.